The third-order valence-electron chi connectivity index (χ3n) is 4.73. The van der Waals surface area contributed by atoms with E-state index in [9.17, 15) is 0 Å². The molecule has 0 aromatic carbocycles. The van der Waals surface area contributed by atoms with Crippen LogP contribution in [-0.2, 0) is 12.8 Å². The van der Waals surface area contributed by atoms with E-state index < -0.39 is 0 Å². The minimum atomic E-state index is 0.609. The summed E-state index contributed by atoms with van der Waals surface area (Å²) in [6, 6.07) is 0.609. The third kappa shape index (κ3) is 1.85. The second kappa shape index (κ2) is 4.69. The van der Waals surface area contributed by atoms with Crippen molar-refractivity contribution in [3.63, 3.8) is 0 Å². The summed E-state index contributed by atoms with van der Waals surface area (Å²) in [6.07, 6.45) is 7.70. The number of hydrogen-bond acceptors (Lipinski definition) is 4. The molecular weight excluding hydrogens is 266 g/mol. The van der Waals surface area contributed by atoms with Gasteiger partial charge in [-0.2, -0.15) is 0 Å². The van der Waals surface area contributed by atoms with Gasteiger partial charge in [-0.1, -0.05) is 0 Å². The zero-order valence-electron chi connectivity index (χ0n) is 12.3. The molecule has 0 amide bonds. The quantitative estimate of drug-likeness (QED) is 0.797. The first-order valence-electron chi connectivity index (χ1n) is 7.79. The number of thiophene rings is 1. The average molecular weight is 287 g/mol. The van der Waals surface area contributed by atoms with Crippen LogP contribution in [0.15, 0.2) is 0 Å². The van der Waals surface area contributed by atoms with Crippen molar-refractivity contribution < 1.29 is 0 Å². The Balaban J connectivity index is 1.93. The molecule has 1 saturated heterocycles. The van der Waals surface area contributed by atoms with E-state index in [1.165, 1.54) is 54.6 Å². The molecule has 2 aliphatic rings. The van der Waals surface area contributed by atoms with E-state index in [0.717, 1.165) is 12.4 Å². The monoisotopic (exact) mass is 287 g/mol. The Morgan fingerprint density at radius 3 is 2.90 bits per heavy atom. The Kier molecular flexibility index (Phi) is 2.95. The molecule has 1 unspecified atom stereocenters. The molecule has 0 bridgehead atoms. The Bertz CT molecular complexity index is 661. The second-order valence-corrected chi connectivity index (χ2v) is 7.25. The first kappa shape index (κ1) is 12.6. The lowest BCUT2D eigenvalue weighted by Gasteiger charge is -2.35. The SMILES string of the molecule is Cc1nc(N2CCCCC2C)c2c3c(sc2n1)CCC3. The highest BCUT2D eigenvalue weighted by Gasteiger charge is 2.27. The van der Waals surface area contributed by atoms with Crippen LogP contribution in [0, 0.1) is 6.92 Å². The van der Waals surface area contributed by atoms with Crippen LogP contribution in [0.4, 0.5) is 5.82 Å². The summed E-state index contributed by atoms with van der Waals surface area (Å²) in [6.45, 7) is 5.52. The summed E-state index contributed by atoms with van der Waals surface area (Å²) < 4.78 is 0. The highest BCUT2D eigenvalue weighted by molar-refractivity contribution is 7.19. The van der Waals surface area contributed by atoms with Crippen molar-refractivity contribution in [1.29, 1.82) is 0 Å². The van der Waals surface area contributed by atoms with E-state index in [2.05, 4.69) is 11.8 Å². The summed E-state index contributed by atoms with van der Waals surface area (Å²) in [5.74, 6) is 2.14. The van der Waals surface area contributed by atoms with Crippen LogP contribution in [0.1, 0.15) is 48.9 Å². The fraction of sp³-hybridized carbons (Fsp3) is 0.625. The van der Waals surface area contributed by atoms with Crippen molar-refractivity contribution in [2.45, 2.75) is 58.4 Å². The van der Waals surface area contributed by atoms with Gasteiger partial charge in [0.1, 0.15) is 16.5 Å². The van der Waals surface area contributed by atoms with Gasteiger partial charge in [-0.15, -0.1) is 11.3 Å². The molecule has 2 aromatic rings. The molecule has 0 spiro atoms. The maximum Gasteiger partial charge on any atom is 0.141 e. The van der Waals surface area contributed by atoms with Crippen LogP contribution >= 0.6 is 11.3 Å². The maximum absolute atomic E-state index is 4.85. The van der Waals surface area contributed by atoms with Gasteiger partial charge < -0.3 is 4.90 Å². The number of fused-ring (bicyclic) bond motifs is 3. The summed E-state index contributed by atoms with van der Waals surface area (Å²) >= 11 is 1.90. The molecule has 1 atom stereocenters. The van der Waals surface area contributed by atoms with Gasteiger partial charge in [0.25, 0.3) is 0 Å². The van der Waals surface area contributed by atoms with Crippen LogP contribution in [0.3, 0.4) is 0 Å². The van der Waals surface area contributed by atoms with Gasteiger partial charge in [0.15, 0.2) is 0 Å². The number of nitrogens with zero attached hydrogens (tertiary/aromatic N) is 3. The van der Waals surface area contributed by atoms with Crippen LogP contribution in [0.2, 0.25) is 0 Å². The summed E-state index contributed by atoms with van der Waals surface area (Å²) in [7, 11) is 0. The number of anilines is 1. The topological polar surface area (TPSA) is 29.0 Å². The minimum absolute atomic E-state index is 0.609. The lowest BCUT2D eigenvalue weighted by molar-refractivity contribution is 0.482. The number of piperidine rings is 1. The van der Waals surface area contributed by atoms with E-state index in [1.807, 2.05) is 18.3 Å². The highest BCUT2D eigenvalue weighted by atomic mass is 32.1. The standard InChI is InChI=1S/C16H21N3S/c1-10-6-3-4-9-19(10)15-14-12-7-5-8-13(12)20-16(14)18-11(2)17-15/h10H,3-9H2,1-2H3. The zero-order valence-corrected chi connectivity index (χ0v) is 13.1. The van der Waals surface area contributed by atoms with Crippen LogP contribution in [-0.4, -0.2) is 22.6 Å². The number of aryl methyl sites for hydroxylation is 3. The van der Waals surface area contributed by atoms with Crippen molar-refractivity contribution >= 4 is 27.4 Å². The number of rotatable bonds is 1. The molecule has 0 N–H and O–H groups in total. The molecular formula is C16H21N3S. The number of aromatic nitrogens is 2. The van der Waals surface area contributed by atoms with Crippen molar-refractivity contribution in [1.82, 2.24) is 9.97 Å². The van der Waals surface area contributed by atoms with Gasteiger partial charge in [-0.3, -0.25) is 0 Å². The van der Waals surface area contributed by atoms with Crippen molar-refractivity contribution in [3.05, 3.63) is 16.3 Å². The number of hydrogen-bond donors (Lipinski definition) is 0. The van der Waals surface area contributed by atoms with E-state index >= 15 is 0 Å². The molecule has 4 rings (SSSR count). The van der Waals surface area contributed by atoms with Gasteiger partial charge in [-0.25, -0.2) is 9.97 Å². The Hall–Kier alpha value is -1.16. The van der Waals surface area contributed by atoms with Gasteiger partial charge in [-0.05, 0) is 57.9 Å². The normalized spacial score (nSPS) is 22.5. The molecule has 1 aliphatic heterocycles. The van der Waals surface area contributed by atoms with E-state index in [-0.39, 0.29) is 0 Å². The second-order valence-electron chi connectivity index (χ2n) is 6.17. The lowest BCUT2D eigenvalue weighted by Crippen LogP contribution is -2.38. The fourth-order valence-electron chi connectivity index (χ4n) is 3.70. The molecule has 20 heavy (non-hydrogen) atoms. The van der Waals surface area contributed by atoms with Gasteiger partial charge in [0.05, 0.1) is 5.39 Å². The molecule has 1 aliphatic carbocycles. The molecule has 0 saturated carbocycles. The predicted octanol–water partition coefficient (Wildman–Crippen LogP) is 3.87. The molecule has 1 fully saturated rings. The van der Waals surface area contributed by atoms with E-state index in [4.69, 9.17) is 9.97 Å². The van der Waals surface area contributed by atoms with Crippen molar-refractivity contribution in [3.8, 4) is 0 Å². The highest BCUT2D eigenvalue weighted by Crippen LogP contribution is 2.41. The lowest BCUT2D eigenvalue weighted by atomic mass is 10.0. The average Bonchev–Trinajstić information content (AvgIpc) is 2.98. The first-order valence-corrected chi connectivity index (χ1v) is 8.61. The van der Waals surface area contributed by atoms with Crippen molar-refractivity contribution in [2.24, 2.45) is 0 Å². The molecule has 3 nitrogen and oxygen atoms in total. The fourth-order valence-corrected chi connectivity index (χ4v) is 5.00. The van der Waals surface area contributed by atoms with E-state index in [0.29, 0.717) is 6.04 Å². The molecule has 106 valence electrons. The Morgan fingerprint density at radius 2 is 2.05 bits per heavy atom. The molecule has 4 heteroatoms. The zero-order chi connectivity index (χ0) is 13.7. The summed E-state index contributed by atoms with van der Waals surface area (Å²) in [5, 5.41) is 1.38. The molecule has 0 radical (unpaired) electrons. The van der Waals surface area contributed by atoms with Gasteiger partial charge in [0, 0.05) is 17.5 Å². The van der Waals surface area contributed by atoms with Crippen LogP contribution in [0.25, 0.3) is 10.2 Å². The smallest absolute Gasteiger partial charge is 0.141 e. The Morgan fingerprint density at radius 1 is 1.15 bits per heavy atom. The first-order chi connectivity index (χ1) is 9.74. The summed E-state index contributed by atoms with van der Waals surface area (Å²) in [4.78, 5) is 14.9. The Labute approximate surface area is 124 Å². The predicted molar refractivity (Wildman–Crippen MR) is 84.8 cm³/mol. The van der Waals surface area contributed by atoms with Gasteiger partial charge >= 0.3 is 0 Å². The largest absolute Gasteiger partial charge is 0.353 e. The van der Waals surface area contributed by atoms with Gasteiger partial charge in [0.2, 0.25) is 0 Å². The van der Waals surface area contributed by atoms with E-state index in [1.54, 1.807) is 10.4 Å². The molecule has 3 heterocycles. The van der Waals surface area contributed by atoms with Crippen molar-refractivity contribution in [2.75, 3.05) is 11.4 Å². The third-order valence-corrected chi connectivity index (χ3v) is 5.92. The van der Waals surface area contributed by atoms with Crippen LogP contribution < -0.4 is 4.90 Å². The maximum atomic E-state index is 4.85. The summed E-state index contributed by atoms with van der Waals surface area (Å²) in [5.41, 5.74) is 1.55. The van der Waals surface area contributed by atoms with Crippen LogP contribution in [0.5, 0.6) is 0 Å². The molecule has 2 aromatic heterocycles. The minimum Gasteiger partial charge on any atom is -0.353 e.